The zero-order chi connectivity index (χ0) is 14.4. The van der Waals surface area contributed by atoms with Gasteiger partial charge in [-0.05, 0) is 37.1 Å². The predicted molar refractivity (Wildman–Crippen MR) is 85.5 cm³/mol. The van der Waals surface area contributed by atoms with E-state index >= 15 is 0 Å². The van der Waals surface area contributed by atoms with Gasteiger partial charge in [0.25, 0.3) is 0 Å². The van der Waals surface area contributed by atoms with E-state index in [0.29, 0.717) is 6.54 Å². The molecule has 116 valence electrons. The van der Waals surface area contributed by atoms with Gasteiger partial charge < -0.3 is 16.0 Å². The van der Waals surface area contributed by atoms with Crippen LogP contribution >= 0.6 is 12.4 Å². The molecule has 1 aromatic carbocycles. The number of carbonyl (C=O) groups excluding carboxylic acids is 2. The topological polar surface area (TPSA) is 70.2 Å². The second-order valence-electron chi connectivity index (χ2n) is 5.10. The number of anilines is 1. The summed E-state index contributed by atoms with van der Waals surface area (Å²) in [7, 11) is 0. The molecular weight excluding hydrogens is 290 g/mol. The van der Waals surface area contributed by atoms with Crippen LogP contribution in [0.5, 0.6) is 0 Å². The van der Waals surface area contributed by atoms with E-state index in [1.807, 2.05) is 24.3 Å². The van der Waals surface area contributed by atoms with Crippen molar-refractivity contribution in [3.63, 3.8) is 0 Å². The lowest BCUT2D eigenvalue weighted by Crippen LogP contribution is -2.46. The lowest BCUT2D eigenvalue weighted by molar-refractivity contribution is -0.123. The van der Waals surface area contributed by atoms with E-state index in [1.165, 1.54) is 6.92 Å². The Morgan fingerprint density at radius 2 is 1.95 bits per heavy atom. The Hall–Kier alpha value is -1.59. The van der Waals surface area contributed by atoms with E-state index in [2.05, 4.69) is 16.0 Å². The molecule has 2 rings (SSSR count). The molecule has 1 saturated heterocycles. The molecule has 1 atom stereocenters. The third-order valence-electron chi connectivity index (χ3n) is 3.37. The van der Waals surface area contributed by atoms with E-state index in [1.54, 1.807) is 0 Å². The maximum atomic E-state index is 12.0. The number of hydrogen-bond donors (Lipinski definition) is 3. The van der Waals surface area contributed by atoms with E-state index in [0.717, 1.165) is 37.1 Å². The van der Waals surface area contributed by atoms with E-state index in [9.17, 15) is 9.59 Å². The first-order valence-corrected chi connectivity index (χ1v) is 7.03. The summed E-state index contributed by atoms with van der Waals surface area (Å²) >= 11 is 0. The van der Waals surface area contributed by atoms with Crippen molar-refractivity contribution in [3.05, 3.63) is 29.8 Å². The van der Waals surface area contributed by atoms with E-state index < -0.39 is 0 Å². The van der Waals surface area contributed by atoms with Crippen LogP contribution < -0.4 is 16.0 Å². The van der Waals surface area contributed by atoms with Crippen molar-refractivity contribution in [1.82, 2.24) is 10.6 Å². The molecule has 1 aliphatic rings. The monoisotopic (exact) mass is 311 g/mol. The molecule has 0 aliphatic carbocycles. The van der Waals surface area contributed by atoms with Crippen molar-refractivity contribution in [2.75, 3.05) is 11.9 Å². The van der Waals surface area contributed by atoms with Crippen LogP contribution in [0.15, 0.2) is 24.3 Å². The predicted octanol–water partition coefficient (Wildman–Crippen LogP) is 1.83. The maximum Gasteiger partial charge on any atom is 0.237 e. The fraction of sp³-hybridized carbons (Fsp3) is 0.467. The van der Waals surface area contributed by atoms with Gasteiger partial charge in [-0.25, -0.2) is 0 Å². The van der Waals surface area contributed by atoms with Crippen LogP contribution in [0.4, 0.5) is 5.69 Å². The first kappa shape index (κ1) is 17.5. The molecule has 2 amide bonds. The van der Waals surface area contributed by atoms with E-state index in [4.69, 9.17) is 0 Å². The van der Waals surface area contributed by atoms with Gasteiger partial charge in [-0.3, -0.25) is 9.59 Å². The standard InChI is InChI=1S/C15H21N3O2.ClH/c1-11(19)18-13-7-5-12(6-8-13)10-17-15(20)14-4-2-3-9-16-14;/h5-8,14,16H,2-4,9-10H2,1H3,(H,17,20)(H,18,19);1H/t14-;/m1./s1. The third-order valence-corrected chi connectivity index (χ3v) is 3.37. The van der Waals surface area contributed by atoms with Crippen molar-refractivity contribution in [2.24, 2.45) is 0 Å². The molecular formula is C15H22ClN3O2. The Labute approximate surface area is 131 Å². The molecule has 0 bridgehead atoms. The Bertz CT molecular complexity index is 470. The first-order valence-electron chi connectivity index (χ1n) is 7.03. The van der Waals surface area contributed by atoms with Gasteiger partial charge in [0.05, 0.1) is 6.04 Å². The second-order valence-corrected chi connectivity index (χ2v) is 5.10. The van der Waals surface area contributed by atoms with Crippen LogP contribution in [-0.2, 0) is 16.1 Å². The number of nitrogens with one attached hydrogen (secondary N) is 3. The summed E-state index contributed by atoms with van der Waals surface area (Å²) in [5, 5.41) is 8.88. The van der Waals surface area contributed by atoms with Crippen molar-refractivity contribution < 1.29 is 9.59 Å². The fourth-order valence-electron chi connectivity index (χ4n) is 2.30. The zero-order valence-electron chi connectivity index (χ0n) is 12.1. The normalized spacial score (nSPS) is 17.5. The van der Waals surface area contributed by atoms with Gasteiger partial charge in [-0.15, -0.1) is 12.4 Å². The highest BCUT2D eigenvalue weighted by Gasteiger charge is 2.19. The SMILES string of the molecule is CC(=O)Nc1ccc(CNC(=O)[C@H]2CCCCN2)cc1.Cl. The Balaban J connectivity index is 0.00000220. The van der Waals surface area contributed by atoms with Gasteiger partial charge in [0, 0.05) is 19.2 Å². The van der Waals surface area contributed by atoms with Crippen LogP contribution in [0.2, 0.25) is 0 Å². The highest BCUT2D eigenvalue weighted by molar-refractivity contribution is 5.88. The van der Waals surface area contributed by atoms with Crippen molar-refractivity contribution in [3.8, 4) is 0 Å². The molecule has 1 heterocycles. The fourth-order valence-corrected chi connectivity index (χ4v) is 2.30. The Morgan fingerprint density at radius 1 is 1.24 bits per heavy atom. The number of piperidine rings is 1. The minimum absolute atomic E-state index is 0. The number of rotatable bonds is 4. The molecule has 3 N–H and O–H groups in total. The molecule has 0 unspecified atom stereocenters. The van der Waals surface area contributed by atoms with Gasteiger partial charge in [0.1, 0.15) is 0 Å². The number of benzene rings is 1. The van der Waals surface area contributed by atoms with Gasteiger partial charge in [0.2, 0.25) is 11.8 Å². The summed E-state index contributed by atoms with van der Waals surface area (Å²) in [6.45, 7) is 2.91. The van der Waals surface area contributed by atoms with Gasteiger partial charge in [-0.2, -0.15) is 0 Å². The molecule has 0 saturated carbocycles. The highest BCUT2D eigenvalue weighted by Crippen LogP contribution is 2.10. The van der Waals surface area contributed by atoms with Crippen LogP contribution in [0.1, 0.15) is 31.7 Å². The first-order chi connectivity index (χ1) is 9.65. The van der Waals surface area contributed by atoms with E-state index in [-0.39, 0.29) is 30.3 Å². The van der Waals surface area contributed by atoms with Crippen molar-refractivity contribution >= 4 is 29.9 Å². The number of carbonyl (C=O) groups is 2. The van der Waals surface area contributed by atoms with Crippen LogP contribution in [0.3, 0.4) is 0 Å². The summed E-state index contributed by atoms with van der Waals surface area (Å²) in [5.41, 5.74) is 1.78. The van der Waals surface area contributed by atoms with Crippen LogP contribution in [0.25, 0.3) is 0 Å². The quantitative estimate of drug-likeness (QED) is 0.794. The van der Waals surface area contributed by atoms with Crippen molar-refractivity contribution in [2.45, 2.75) is 38.8 Å². The summed E-state index contributed by atoms with van der Waals surface area (Å²) in [4.78, 5) is 22.9. The number of amides is 2. The molecule has 1 fully saturated rings. The lowest BCUT2D eigenvalue weighted by atomic mass is 10.0. The van der Waals surface area contributed by atoms with Gasteiger partial charge in [-0.1, -0.05) is 18.6 Å². The molecule has 6 heteroatoms. The zero-order valence-corrected chi connectivity index (χ0v) is 13.0. The van der Waals surface area contributed by atoms with Gasteiger partial charge in [0.15, 0.2) is 0 Å². The molecule has 21 heavy (non-hydrogen) atoms. The largest absolute Gasteiger partial charge is 0.351 e. The molecule has 0 radical (unpaired) electrons. The molecule has 1 aliphatic heterocycles. The molecule has 0 spiro atoms. The lowest BCUT2D eigenvalue weighted by Gasteiger charge is -2.22. The smallest absolute Gasteiger partial charge is 0.237 e. The molecule has 1 aromatic rings. The second kappa shape index (κ2) is 8.64. The number of hydrogen-bond acceptors (Lipinski definition) is 3. The summed E-state index contributed by atoms with van der Waals surface area (Å²) in [6, 6.07) is 7.42. The molecule has 5 nitrogen and oxygen atoms in total. The van der Waals surface area contributed by atoms with Crippen molar-refractivity contribution in [1.29, 1.82) is 0 Å². The highest BCUT2D eigenvalue weighted by atomic mass is 35.5. The summed E-state index contributed by atoms with van der Waals surface area (Å²) < 4.78 is 0. The summed E-state index contributed by atoms with van der Waals surface area (Å²) in [6.07, 6.45) is 3.16. The van der Waals surface area contributed by atoms with Crippen LogP contribution in [0, 0.1) is 0 Å². The average molecular weight is 312 g/mol. The third kappa shape index (κ3) is 5.73. The minimum Gasteiger partial charge on any atom is -0.351 e. The van der Waals surface area contributed by atoms with Gasteiger partial charge >= 0.3 is 0 Å². The van der Waals surface area contributed by atoms with Crippen LogP contribution in [-0.4, -0.2) is 24.4 Å². The average Bonchev–Trinajstić information content (AvgIpc) is 2.46. The minimum atomic E-state index is -0.0885. The molecule has 0 aromatic heterocycles. The Kier molecular flexibility index (Phi) is 7.19. The summed E-state index contributed by atoms with van der Waals surface area (Å²) in [5.74, 6) is -0.0231. The Morgan fingerprint density at radius 3 is 2.52 bits per heavy atom. The number of halogens is 1. The maximum absolute atomic E-state index is 12.0.